The van der Waals surface area contributed by atoms with Gasteiger partial charge < -0.3 is 10.6 Å². The van der Waals surface area contributed by atoms with Crippen molar-refractivity contribution in [3.8, 4) is 0 Å². The molecule has 5 nitrogen and oxygen atoms in total. The van der Waals surface area contributed by atoms with E-state index in [1.807, 2.05) is 49.4 Å². The zero-order valence-corrected chi connectivity index (χ0v) is 15.3. The average Bonchev–Trinajstić information content (AvgIpc) is 2.97. The average molecular weight is 351 g/mol. The van der Waals surface area contributed by atoms with E-state index in [2.05, 4.69) is 23.6 Å². The minimum atomic E-state index is -0.0952. The first-order valence-electron chi connectivity index (χ1n) is 9.11. The van der Waals surface area contributed by atoms with Crippen LogP contribution in [0.25, 0.3) is 0 Å². The summed E-state index contributed by atoms with van der Waals surface area (Å²) in [5.74, 6) is 0.352. The second-order valence-corrected chi connectivity index (χ2v) is 6.73. The summed E-state index contributed by atoms with van der Waals surface area (Å²) in [6, 6.07) is 15.5. The van der Waals surface area contributed by atoms with Crippen molar-refractivity contribution in [2.75, 3.05) is 16.8 Å². The molecule has 2 aromatic carbocycles. The maximum absolute atomic E-state index is 12.6. The predicted molar refractivity (Wildman–Crippen MR) is 104 cm³/mol. The van der Waals surface area contributed by atoms with Gasteiger partial charge in [0.15, 0.2) is 0 Å². The standard InChI is InChI=1S/C21H25N3O2/c1-3-7-20(25)23-17-9-6-8-16(12-17)13-22-21(26)24-14-15(2)18-10-4-5-11-19(18)24/h4-6,8-12,15H,3,7,13-14H2,1-2H3,(H,22,26)(H,23,25). The molecule has 0 saturated heterocycles. The van der Waals surface area contributed by atoms with Crippen LogP contribution in [-0.4, -0.2) is 18.5 Å². The monoisotopic (exact) mass is 351 g/mol. The van der Waals surface area contributed by atoms with Crippen LogP contribution in [0.5, 0.6) is 0 Å². The van der Waals surface area contributed by atoms with Crippen molar-refractivity contribution in [2.45, 2.75) is 39.2 Å². The molecule has 0 fully saturated rings. The Morgan fingerprint density at radius 2 is 1.96 bits per heavy atom. The fourth-order valence-electron chi connectivity index (χ4n) is 3.30. The molecule has 5 heteroatoms. The van der Waals surface area contributed by atoms with Gasteiger partial charge in [0, 0.05) is 36.8 Å². The Morgan fingerprint density at radius 1 is 1.15 bits per heavy atom. The Kier molecular flexibility index (Phi) is 5.56. The molecule has 0 aliphatic carbocycles. The molecule has 0 saturated carbocycles. The molecule has 0 aromatic heterocycles. The van der Waals surface area contributed by atoms with E-state index < -0.39 is 0 Å². The van der Waals surface area contributed by atoms with Gasteiger partial charge in [-0.25, -0.2) is 4.79 Å². The third-order valence-electron chi connectivity index (χ3n) is 4.59. The molecule has 3 amide bonds. The van der Waals surface area contributed by atoms with E-state index in [4.69, 9.17) is 0 Å². The number of rotatable bonds is 5. The maximum Gasteiger partial charge on any atom is 0.322 e. The van der Waals surface area contributed by atoms with E-state index in [9.17, 15) is 9.59 Å². The number of hydrogen-bond acceptors (Lipinski definition) is 2. The van der Waals surface area contributed by atoms with Gasteiger partial charge in [-0.3, -0.25) is 9.69 Å². The lowest BCUT2D eigenvalue weighted by atomic mass is 10.0. The molecule has 26 heavy (non-hydrogen) atoms. The zero-order chi connectivity index (χ0) is 18.5. The number of carbonyl (C=O) groups is 2. The van der Waals surface area contributed by atoms with Gasteiger partial charge in [0.25, 0.3) is 0 Å². The molecule has 1 unspecified atom stereocenters. The summed E-state index contributed by atoms with van der Waals surface area (Å²) in [6.45, 7) is 5.22. The largest absolute Gasteiger partial charge is 0.334 e. The quantitative estimate of drug-likeness (QED) is 0.845. The van der Waals surface area contributed by atoms with Crippen LogP contribution in [0.15, 0.2) is 48.5 Å². The Balaban J connectivity index is 1.61. The molecule has 1 atom stereocenters. The number of benzene rings is 2. The number of nitrogens with zero attached hydrogens (tertiary/aromatic N) is 1. The molecule has 2 aromatic rings. The first kappa shape index (κ1) is 18.0. The highest BCUT2D eigenvalue weighted by Gasteiger charge is 2.29. The van der Waals surface area contributed by atoms with Crippen LogP contribution in [0.4, 0.5) is 16.2 Å². The fourth-order valence-corrected chi connectivity index (χ4v) is 3.30. The Hall–Kier alpha value is -2.82. The number of anilines is 2. The second-order valence-electron chi connectivity index (χ2n) is 6.73. The maximum atomic E-state index is 12.6. The van der Waals surface area contributed by atoms with E-state index in [0.29, 0.717) is 25.4 Å². The molecule has 3 rings (SSSR count). The summed E-state index contributed by atoms with van der Waals surface area (Å²) in [6.07, 6.45) is 1.32. The first-order chi connectivity index (χ1) is 12.6. The Morgan fingerprint density at radius 3 is 2.77 bits per heavy atom. The van der Waals surface area contributed by atoms with E-state index >= 15 is 0 Å². The third kappa shape index (κ3) is 4.04. The lowest BCUT2D eigenvalue weighted by molar-refractivity contribution is -0.116. The van der Waals surface area contributed by atoms with E-state index in [1.54, 1.807) is 4.90 Å². The van der Waals surface area contributed by atoms with Crippen molar-refractivity contribution >= 4 is 23.3 Å². The van der Waals surface area contributed by atoms with Crippen LogP contribution in [0.3, 0.4) is 0 Å². The second kappa shape index (κ2) is 8.04. The van der Waals surface area contributed by atoms with E-state index in [1.165, 1.54) is 5.56 Å². The summed E-state index contributed by atoms with van der Waals surface area (Å²) in [7, 11) is 0. The van der Waals surface area contributed by atoms with Gasteiger partial charge in [-0.15, -0.1) is 0 Å². The lowest BCUT2D eigenvalue weighted by Gasteiger charge is -2.18. The number of amides is 3. The van der Waals surface area contributed by atoms with Crippen molar-refractivity contribution in [1.29, 1.82) is 0 Å². The number of hydrogen-bond donors (Lipinski definition) is 2. The van der Waals surface area contributed by atoms with Crippen molar-refractivity contribution in [3.05, 3.63) is 59.7 Å². The van der Waals surface area contributed by atoms with E-state index in [0.717, 1.165) is 23.4 Å². The number of carbonyl (C=O) groups excluding carboxylic acids is 2. The molecule has 0 radical (unpaired) electrons. The number of urea groups is 1. The molecular formula is C21H25N3O2. The summed E-state index contributed by atoms with van der Waals surface area (Å²) in [5, 5.41) is 5.87. The number of fused-ring (bicyclic) bond motifs is 1. The van der Waals surface area contributed by atoms with Gasteiger partial charge in [0.2, 0.25) is 5.91 Å². The van der Waals surface area contributed by atoms with E-state index in [-0.39, 0.29) is 11.9 Å². The molecule has 1 aliphatic heterocycles. The SMILES string of the molecule is CCCC(=O)Nc1cccc(CNC(=O)N2CC(C)c3ccccc32)c1. The fraction of sp³-hybridized carbons (Fsp3) is 0.333. The van der Waals surface area contributed by atoms with Crippen LogP contribution in [0.1, 0.15) is 43.7 Å². The van der Waals surface area contributed by atoms with Crippen LogP contribution in [0.2, 0.25) is 0 Å². The van der Waals surface area contributed by atoms with Gasteiger partial charge in [0.05, 0.1) is 0 Å². The molecular weight excluding hydrogens is 326 g/mol. The van der Waals surface area contributed by atoms with Crippen LogP contribution < -0.4 is 15.5 Å². The molecule has 1 heterocycles. The lowest BCUT2D eigenvalue weighted by Crippen LogP contribution is -2.38. The smallest absolute Gasteiger partial charge is 0.322 e. The first-order valence-corrected chi connectivity index (χ1v) is 9.11. The summed E-state index contributed by atoms with van der Waals surface area (Å²) >= 11 is 0. The van der Waals surface area contributed by atoms with Gasteiger partial charge >= 0.3 is 6.03 Å². The summed E-state index contributed by atoms with van der Waals surface area (Å²) < 4.78 is 0. The molecule has 2 N–H and O–H groups in total. The number of nitrogens with one attached hydrogen (secondary N) is 2. The Bertz CT molecular complexity index is 803. The highest BCUT2D eigenvalue weighted by atomic mass is 16.2. The number of para-hydroxylation sites is 1. The molecule has 1 aliphatic rings. The van der Waals surface area contributed by atoms with Crippen molar-refractivity contribution in [1.82, 2.24) is 5.32 Å². The summed E-state index contributed by atoms with van der Waals surface area (Å²) in [5.41, 5.74) is 3.91. The predicted octanol–water partition coefficient (Wildman–Crippen LogP) is 4.26. The Labute approximate surface area is 154 Å². The van der Waals surface area contributed by atoms with Crippen molar-refractivity contribution in [3.63, 3.8) is 0 Å². The van der Waals surface area contributed by atoms with Crippen LogP contribution in [-0.2, 0) is 11.3 Å². The normalized spacial score (nSPS) is 15.5. The highest BCUT2D eigenvalue weighted by Crippen LogP contribution is 2.35. The van der Waals surface area contributed by atoms with Crippen molar-refractivity contribution < 1.29 is 9.59 Å². The molecule has 0 bridgehead atoms. The molecule has 136 valence electrons. The minimum absolute atomic E-state index is 0.0105. The zero-order valence-electron chi connectivity index (χ0n) is 15.3. The van der Waals surface area contributed by atoms with Crippen molar-refractivity contribution in [2.24, 2.45) is 0 Å². The molecule has 0 spiro atoms. The minimum Gasteiger partial charge on any atom is -0.334 e. The highest BCUT2D eigenvalue weighted by molar-refractivity contribution is 5.94. The van der Waals surface area contributed by atoms with Crippen LogP contribution in [0, 0.1) is 0 Å². The van der Waals surface area contributed by atoms with Gasteiger partial charge in [-0.05, 0) is 35.7 Å². The topological polar surface area (TPSA) is 61.4 Å². The van der Waals surface area contributed by atoms with Crippen LogP contribution >= 0.6 is 0 Å². The van der Waals surface area contributed by atoms with Gasteiger partial charge in [0.1, 0.15) is 0 Å². The van der Waals surface area contributed by atoms with Gasteiger partial charge in [-0.2, -0.15) is 0 Å². The van der Waals surface area contributed by atoms with Gasteiger partial charge in [-0.1, -0.05) is 44.2 Å². The third-order valence-corrected chi connectivity index (χ3v) is 4.59. The summed E-state index contributed by atoms with van der Waals surface area (Å²) in [4.78, 5) is 26.1.